The van der Waals surface area contributed by atoms with Crippen LogP contribution in [-0.2, 0) is 13.6 Å². The van der Waals surface area contributed by atoms with Crippen molar-refractivity contribution in [3.63, 3.8) is 0 Å². The Kier molecular flexibility index (Phi) is 3.58. The van der Waals surface area contributed by atoms with E-state index in [9.17, 15) is 4.79 Å². The molecule has 0 saturated heterocycles. The van der Waals surface area contributed by atoms with E-state index in [-0.39, 0.29) is 12.5 Å². The van der Waals surface area contributed by atoms with Gasteiger partial charge in [0.2, 0.25) is 11.7 Å². The molecule has 0 spiro atoms. The van der Waals surface area contributed by atoms with Crippen molar-refractivity contribution in [2.75, 3.05) is 0 Å². The van der Waals surface area contributed by atoms with Crippen molar-refractivity contribution in [2.45, 2.75) is 6.54 Å². The molecular weight excluding hydrogens is 326 g/mol. The van der Waals surface area contributed by atoms with Gasteiger partial charge in [-0.25, -0.2) is 4.98 Å². The molecule has 3 heterocycles. The third kappa shape index (κ3) is 2.67. The largest absolute Gasteiger partial charge is 0.348 e. The van der Waals surface area contributed by atoms with Crippen LogP contribution in [-0.4, -0.2) is 25.6 Å². The van der Waals surface area contributed by atoms with Crippen LogP contribution in [0.2, 0.25) is 0 Å². The summed E-state index contributed by atoms with van der Waals surface area (Å²) in [7, 11) is 1.90. The number of aromatic nitrogens is 4. The maximum absolute atomic E-state index is 12.2. The lowest BCUT2D eigenvalue weighted by atomic mass is 10.3. The van der Waals surface area contributed by atoms with Crippen molar-refractivity contribution in [3.8, 4) is 11.5 Å². The highest BCUT2D eigenvalue weighted by Gasteiger charge is 2.15. The lowest BCUT2D eigenvalue weighted by Crippen LogP contribution is -2.22. The number of thiazole rings is 1. The second-order valence-corrected chi connectivity index (χ2v) is 6.22. The molecule has 0 aliphatic carbocycles. The Bertz CT molecular complexity index is 983. The molecule has 0 aliphatic heterocycles. The second-order valence-electron chi connectivity index (χ2n) is 5.19. The molecule has 24 heavy (non-hydrogen) atoms. The first kappa shape index (κ1) is 14.6. The van der Waals surface area contributed by atoms with Crippen molar-refractivity contribution < 1.29 is 9.32 Å². The molecule has 120 valence electrons. The van der Waals surface area contributed by atoms with Gasteiger partial charge in [0, 0.05) is 13.2 Å². The Morgan fingerprint density at radius 1 is 1.25 bits per heavy atom. The molecule has 0 aliphatic rings. The molecule has 1 N–H and O–H groups in total. The molecule has 3 aromatic heterocycles. The molecule has 4 rings (SSSR count). The molecule has 0 atom stereocenters. The Morgan fingerprint density at radius 2 is 2.12 bits per heavy atom. The second kappa shape index (κ2) is 5.89. The van der Waals surface area contributed by atoms with Crippen molar-refractivity contribution in [1.82, 2.24) is 25.0 Å². The zero-order valence-electron chi connectivity index (χ0n) is 12.8. The Hall–Kier alpha value is -3.00. The number of nitrogens with one attached hydrogen (secondary N) is 1. The van der Waals surface area contributed by atoms with Crippen LogP contribution < -0.4 is 5.32 Å². The number of carbonyl (C=O) groups is 1. The fourth-order valence-corrected chi connectivity index (χ4v) is 3.21. The Morgan fingerprint density at radius 3 is 2.92 bits per heavy atom. The summed E-state index contributed by atoms with van der Waals surface area (Å²) in [4.78, 5) is 20.8. The first-order chi connectivity index (χ1) is 11.7. The molecule has 0 unspecified atom stereocenters. The number of hydrogen-bond acceptors (Lipinski definition) is 6. The number of fused-ring (bicyclic) bond motifs is 1. The van der Waals surface area contributed by atoms with Crippen LogP contribution in [0.1, 0.15) is 15.7 Å². The summed E-state index contributed by atoms with van der Waals surface area (Å²) in [5.41, 5.74) is 1.67. The molecule has 0 fully saturated rings. The van der Waals surface area contributed by atoms with Crippen LogP contribution in [0.15, 0.2) is 47.1 Å². The van der Waals surface area contributed by atoms with Crippen LogP contribution >= 0.6 is 11.3 Å². The van der Waals surface area contributed by atoms with Gasteiger partial charge >= 0.3 is 0 Å². The summed E-state index contributed by atoms with van der Waals surface area (Å²) in [6.07, 6.45) is 1.90. The molecular formula is C16H13N5O2S. The summed E-state index contributed by atoms with van der Waals surface area (Å²) >= 11 is 1.35. The van der Waals surface area contributed by atoms with Gasteiger partial charge in [-0.3, -0.25) is 4.79 Å². The van der Waals surface area contributed by atoms with Crippen molar-refractivity contribution >= 4 is 27.5 Å². The zero-order chi connectivity index (χ0) is 16.5. The fraction of sp³-hybridized carbons (Fsp3) is 0.125. The van der Waals surface area contributed by atoms with Gasteiger partial charge in [-0.2, -0.15) is 4.98 Å². The Labute approximate surface area is 140 Å². The molecule has 1 amide bonds. The van der Waals surface area contributed by atoms with E-state index < -0.39 is 0 Å². The standard InChI is InChI=1S/C16H13N5O2S/c1-21-8-4-6-11(21)14-19-13(23-20-14)9-17-15(22)16-18-10-5-2-3-7-12(10)24-16/h2-8H,9H2,1H3,(H,17,22). The third-order valence-corrected chi connectivity index (χ3v) is 4.56. The van der Waals surface area contributed by atoms with E-state index in [1.807, 2.05) is 54.2 Å². The highest BCUT2D eigenvalue weighted by atomic mass is 32.1. The number of hydrogen-bond donors (Lipinski definition) is 1. The summed E-state index contributed by atoms with van der Waals surface area (Å²) in [6, 6.07) is 11.4. The van der Waals surface area contributed by atoms with Crippen molar-refractivity contribution in [2.24, 2.45) is 7.05 Å². The molecule has 8 heteroatoms. The van der Waals surface area contributed by atoms with Gasteiger partial charge in [-0.1, -0.05) is 17.3 Å². The number of carbonyl (C=O) groups excluding carboxylic acids is 1. The molecule has 0 saturated carbocycles. The predicted octanol–water partition coefficient (Wildman–Crippen LogP) is 2.61. The van der Waals surface area contributed by atoms with Crippen LogP contribution in [0.25, 0.3) is 21.7 Å². The van der Waals surface area contributed by atoms with Gasteiger partial charge in [-0.15, -0.1) is 11.3 Å². The zero-order valence-corrected chi connectivity index (χ0v) is 13.6. The summed E-state index contributed by atoms with van der Waals surface area (Å²) in [5, 5.41) is 7.10. The molecule has 7 nitrogen and oxygen atoms in total. The predicted molar refractivity (Wildman–Crippen MR) is 89.5 cm³/mol. The molecule has 0 radical (unpaired) electrons. The van der Waals surface area contributed by atoms with Crippen LogP contribution in [0.3, 0.4) is 0 Å². The number of nitrogens with zero attached hydrogens (tertiary/aromatic N) is 4. The minimum absolute atomic E-state index is 0.159. The number of para-hydroxylation sites is 1. The number of benzene rings is 1. The van der Waals surface area contributed by atoms with E-state index in [0.717, 1.165) is 15.9 Å². The SMILES string of the molecule is Cn1cccc1-c1noc(CNC(=O)c2nc3ccccc3s2)n1. The monoisotopic (exact) mass is 339 g/mol. The highest BCUT2D eigenvalue weighted by molar-refractivity contribution is 7.20. The van der Waals surface area contributed by atoms with Crippen LogP contribution in [0.5, 0.6) is 0 Å². The molecule has 1 aromatic carbocycles. The molecule has 4 aromatic rings. The van der Waals surface area contributed by atoms with E-state index in [2.05, 4.69) is 20.4 Å². The lowest BCUT2D eigenvalue weighted by Gasteiger charge is -1.97. The van der Waals surface area contributed by atoms with E-state index in [1.54, 1.807) is 0 Å². The van der Waals surface area contributed by atoms with E-state index in [0.29, 0.717) is 16.7 Å². The molecule has 0 bridgehead atoms. The van der Waals surface area contributed by atoms with E-state index >= 15 is 0 Å². The summed E-state index contributed by atoms with van der Waals surface area (Å²) < 4.78 is 8.06. The normalized spacial score (nSPS) is 11.0. The fourth-order valence-electron chi connectivity index (χ4n) is 2.32. The van der Waals surface area contributed by atoms with Gasteiger partial charge < -0.3 is 14.4 Å². The van der Waals surface area contributed by atoms with Gasteiger partial charge in [0.15, 0.2) is 5.01 Å². The van der Waals surface area contributed by atoms with Crippen LogP contribution in [0.4, 0.5) is 0 Å². The van der Waals surface area contributed by atoms with Gasteiger partial charge in [0.05, 0.1) is 22.5 Å². The minimum Gasteiger partial charge on any atom is -0.348 e. The van der Waals surface area contributed by atoms with Gasteiger partial charge in [0.1, 0.15) is 0 Å². The average molecular weight is 339 g/mol. The number of amides is 1. The summed E-state index contributed by atoms with van der Waals surface area (Å²) in [5.74, 6) is 0.585. The Balaban J connectivity index is 1.46. The summed E-state index contributed by atoms with van der Waals surface area (Å²) in [6.45, 7) is 0.159. The maximum atomic E-state index is 12.2. The highest BCUT2D eigenvalue weighted by Crippen LogP contribution is 2.21. The topological polar surface area (TPSA) is 85.8 Å². The lowest BCUT2D eigenvalue weighted by molar-refractivity contribution is 0.0946. The van der Waals surface area contributed by atoms with Crippen molar-refractivity contribution in [1.29, 1.82) is 0 Å². The quantitative estimate of drug-likeness (QED) is 0.618. The smallest absolute Gasteiger partial charge is 0.280 e. The van der Waals surface area contributed by atoms with Gasteiger partial charge in [-0.05, 0) is 24.3 Å². The minimum atomic E-state index is -0.255. The first-order valence-electron chi connectivity index (χ1n) is 7.29. The average Bonchev–Trinajstić information content (AvgIpc) is 3.31. The van der Waals surface area contributed by atoms with Crippen molar-refractivity contribution in [3.05, 3.63) is 53.5 Å². The third-order valence-electron chi connectivity index (χ3n) is 3.53. The number of aryl methyl sites for hydroxylation is 1. The first-order valence-corrected chi connectivity index (χ1v) is 8.10. The number of rotatable bonds is 4. The van der Waals surface area contributed by atoms with E-state index in [1.165, 1.54) is 11.3 Å². The van der Waals surface area contributed by atoms with Crippen LogP contribution in [0, 0.1) is 0 Å². The van der Waals surface area contributed by atoms with E-state index in [4.69, 9.17) is 4.52 Å². The van der Waals surface area contributed by atoms with Gasteiger partial charge in [0.25, 0.3) is 5.91 Å². The maximum Gasteiger partial charge on any atom is 0.280 e.